The molecule has 2 amide bonds. The third kappa shape index (κ3) is 1.29. The van der Waals surface area contributed by atoms with Crippen LogP contribution in [0.1, 0.15) is 24.0 Å². The molecular formula is C19H19NO2. The Morgan fingerprint density at radius 2 is 1.41 bits per heavy atom. The van der Waals surface area contributed by atoms with Gasteiger partial charge in [-0.15, -0.1) is 0 Å². The number of carbonyl (C=O) groups is 2. The monoisotopic (exact) mass is 293 g/mol. The Balaban J connectivity index is 1.59. The van der Waals surface area contributed by atoms with E-state index in [-0.39, 0.29) is 29.1 Å². The maximum atomic E-state index is 13.0. The van der Waals surface area contributed by atoms with E-state index >= 15 is 0 Å². The number of hydrogen-bond acceptors (Lipinski definition) is 2. The van der Waals surface area contributed by atoms with Gasteiger partial charge >= 0.3 is 0 Å². The van der Waals surface area contributed by atoms with Crippen molar-refractivity contribution in [2.75, 3.05) is 4.90 Å². The number of aryl methyl sites for hydroxylation is 2. The summed E-state index contributed by atoms with van der Waals surface area (Å²) in [5.74, 6) is 0.451. The molecule has 0 N–H and O–H groups in total. The minimum atomic E-state index is -0.106. The molecule has 112 valence electrons. The van der Waals surface area contributed by atoms with Crippen LogP contribution in [0.5, 0.6) is 0 Å². The zero-order valence-electron chi connectivity index (χ0n) is 12.9. The Morgan fingerprint density at radius 3 is 1.86 bits per heavy atom. The molecule has 4 atom stereocenters. The summed E-state index contributed by atoms with van der Waals surface area (Å²) < 4.78 is 0. The summed E-state index contributed by atoms with van der Waals surface area (Å²) in [5, 5.41) is 0. The first-order valence-electron chi connectivity index (χ1n) is 8.17. The van der Waals surface area contributed by atoms with Crippen molar-refractivity contribution in [3.05, 3.63) is 41.5 Å². The quantitative estimate of drug-likeness (QED) is 0.589. The molecule has 4 aliphatic rings. The Hall–Kier alpha value is -1.90. The third-order valence-electron chi connectivity index (χ3n) is 6.32. The second-order valence-electron chi connectivity index (χ2n) is 7.58. The molecule has 1 heterocycles. The second kappa shape index (κ2) is 3.70. The molecule has 0 radical (unpaired) electrons. The van der Waals surface area contributed by atoms with Crippen LogP contribution in [0.4, 0.5) is 5.69 Å². The van der Waals surface area contributed by atoms with Gasteiger partial charge in [-0.2, -0.15) is 0 Å². The molecule has 1 aromatic carbocycles. The van der Waals surface area contributed by atoms with Crippen LogP contribution in [-0.4, -0.2) is 11.8 Å². The molecule has 3 nitrogen and oxygen atoms in total. The van der Waals surface area contributed by atoms with Gasteiger partial charge in [0.15, 0.2) is 0 Å². The molecule has 5 rings (SSSR count). The average Bonchev–Trinajstić information content (AvgIpc) is 3.04. The lowest BCUT2D eigenvalue weighted by molar-refractivity contribution is -0.123. The molecule has 2 saturated carbocycles. The van der Waals surface area contributed by atoms with Crippen LogP contribution in [0, 0.1) is 42.9 Å². The highest BCUT2D eigenvalue weighted by atomic mass is 16.2. The molecule has 1 aliphatic heterocycles. The number of fused-ring (bicyclic) bond motifs is 3. The van der Waals surface area contributed by atoms with Crippen LogP contribution >= 0.6 is 0 Å². The van der Waals surface area contributed by atoms with Crippen LogP contribution in [0.3, 0.4) is 0 Å². The fraction of sp³-hybridized carbons (Fsp3) is 0.474. The molecule has 2 bridgehead atoms. The molecule has 1 saturated heterocycles. The van der Waals surface area contributed by atoms with Gasteiger partial charge in [0.2, 0.25) is 11.8 Å². The standard InChI is InChI=1S/C19H19NO2/c1-10-7-11(2)9-12(8-10)20-17(21)15-13-3-4-14(16(15)18(20)22)19(13)5-6-19/h3-4,7-9,13-16H,5-6H2,1-2H3/t13-,14-,15+,16+/m1/s1. The normalized spacial score (nSPS) is 36.5. The lowest BCUT2D eigenvalue weighted by Crippen LogP contribution is -2.34. The van der Waals surface area contributed by atoms with Gasteiger partial charge in [0.05, 0.1) is 17.5 Å². The number of imide groups is 1. The summed E-state index contributed by atoms with van der Waals surface area (Å²) in [7, 11) is 0. The van der Waals surface area contributed by atoms with Crippen LogP contribution < -0.4 is 4.90 Å². The molecule has 22 heavy (non-hydrogen) atoms. The maximum absolute atomic E-state index is 13.0. The van der Waals surface area contributed by atoms with Gasteiger partial charge in [0.25, 0.3) is 0 Å². The summed E-state index contributed by atoms with van der Waals surface area (Å²) in [6.07, 6.45) is 6.81. The molecular weight excluding hydrogens is 274 g/mol. The fourth-order valence-electron chi connectivity index (χ4n) is 5.41. The lowest BCUT2D eigenvalue weighted by atomic mass is 9.85. The zero-order chi connectivity index (χ0) is 15.2. The van der Waals surface area contributed by atoms with E-state index in [1.54, 1.807) is 0 Å². The number of amides is 2. The van der Waals surface area contributed by atoms with E-state index < -0.39 is 0 Å². The number of carbonyl (C=O) groups excluding carboxylic acids is 2. The Morgan fingerprint density at radius 1 is 0.909 bits per heavy atom. The van der Waals surface area contributed by atoms with E-state index in [0.29, 0.717) is 11.8 Å². The molecule has 3 heteroatoms. The Bertz CT molecular complexity index is 704. The predicted molar refractivity (Wildman–Crippen MR) is 83.2 cm³/mol. The Labute approximate surface area is 130 Å². The smallest absolute Gasteiger partial charge is 0.238 e. The topological polar surface area (TPSA) is 37.4 Å². The molecule has 1 spiro atoms. The summed E-state index contributed by atoms with van der Waals surface area (Å²) in [4.78, 5) is 27.5. The van der Waals surface area contributed by atoms with Gasteiger partial charge in [-0.05, 0) is 67.2 Å². The van der Waals surface area contributed by atoms with Crippen molar-refractivity contribution >= 4 is 17.5 Å². The van der Waals surface area contributed by atoms with E-state index in [2.05, 4.69) is 18.2 Å². The number of hydrogen-bond donors (Lipinski definition) is 0. The number of benzene rings is 1. The average molecular weight is 293 g/mol. The summed E-state index contributed by atoms with van der Waals surface area (Å²) >= 11 is 0. The first-order valence-corrected chi connectivity index (χ1v) is 8.17. The fourth-order valence-corrected chi connectivity index (χ4v) is 5.41. The highest BCUT2D eigenvalue weighted by Crippen LogP contribution is 2.73. The molecule has 1 aromatic rings. The molecule has 3 aliphatic carbocycles. The van der Waals surface area contributed by atoms with E-state index in [9.17, 15) is 9.59 Å². The van der Waals surface area contributed by atoms with Crippen LogP contribution in [0.25, 0.3) is 0 Å². The highest BCUT2D eigenvalue weighted by molar-refractivity contribution is 6.23. The number of allylic oxidation sites excluding steroid dienone is 2. The summed E-state index contributed by atoms with van der Waals surface area (Å²) in [6.45, 7) is 4.01. The van der Waals surface area contributed by atoms with Crippen LogP contribution in [0.15, 0.2) is 30.4 Å². The van der Waals surface area contributed by atoms with E-state index in [4.69, 9.17) is 0 Å². The minimum absolute atomic E-state index is 0.0307. The van der Waals surface area contributed by atoms with Gasteiger partial charge < -0.3 is 0 Å². The van der Waals surface area contributed by atoms with E-state index in [1.807, 2.05) is 26.0 Å². The van der Waals surface area contributed by atoms with Gasteiger partial charge in [0.1, 0.15) is 0 Å². The summed E-state index contributed by atoms with van der Waals surface area (Å²) in [6, 6.07) is 5.97. The highest BCUT2D eigenvalue weighted by Gasteiger charge is 2.73. The number of rotatable bonds is 1. The van der Waals surface area contributed by atoms with Gasteiger partial charge in [0, 0.05) is 0 Å². The van der Waals surface area contributed by atoms with Crippen molar-refractivity contribution in [1.82, 2.24) is 0 Å². The summed E-state index contributed by atoms with van der Waals surface area (Å²) in [5.41, 5.74) is 3.21. The first-order chi connectivity index (χ1) is 10.5. The van der Waals surface area contributed by atoms with Gasteiger partial charge in [-0.3, -0.25) is 9.59 Å². The SMILES string of the molecule is Cc1cc(C)cc(N2C(=O)[C@@H]3[C@@H](C2=O)[C@H]2C=C[C@H]3C23CC3)c1. The van der Waals surface area contributed by atoms with Crippen molar-refractivity contribution in [3.8, 4) is 0 Å². The third-order valence-corrected chi connectivity index (χ3v) is 6.32. The van der Waals surface area contributed by atoms with Crippen LogP contribution in [-0.2, 0) is 9.59 Å². The van der Waals surface area contributed by atoms with Gasteiger partial charge in [-0.25, -0.2) is 4.90 Å². The second-order valence-corrected chi connectivity index (χ2v) is 7.58. The maximum Gasteiger partial charge on any atom is 0.238 e. The van der Waals surface area contributed by atoms with E-state index in [0.717, 1.165) is 16.8 Å². The molecule has 3 fully saturated rings. The first kappa shape index (κ1) is 12.6. The lowest BCUT2D eigenvalue weighted by Gasteiger charge is -2.22. The van der Waals surface area contributed by atoms with Crippen molar-refractivity contribution in [3.63, 3.8) is 0 Å². The van der Waals surface area contributed by atoms with E-state index in [1.165, 1.54) is 17.7 Å². The zero-order valence-corrected chi connectivity index (χ0v) is 12.9. The predicted octanol–water partition coefficient (Wildman–Crippen LogP) is 3.01. The largest absolute Gasteiger partial charge is 0.274 e. The number of nitrogens with zero attached hydrogens (tertiary/aromatic N) is 1. The number of anilines is 1. The minimum Gasteiger partial charge on any atom is -0.274 e. The molecule has 0 unspecified atom stereocenters. The van der Waals surface area contributed by atoms with Crippen molar-refractivity contribution in [2.24, 2.45) is 29.1 Å². The van der Waals surface area contributed by atoms with Crippen molar-refractivity contribution < 1.29 is 9.59 Å². The van der Waals surface area contributed by atoms with Crippen LogP contribution in [0.2, 0.25) is 0 Å². The molecule has 0 aromatic heterocycles. The van der Waals surface area contributed by atoms with Crippen molar-refractivity contribution in [1.29, 1.82) is 0 Å². The van der Waals surface area contributed by atoms with Crippen molar-refractivity contribution in [2.45, 2.75) is 26.7 Å². The Kier molecular flexibility index (Phi) is 2.13. The van der Waals surface area contributed by atoms with Gasteiger partial charge in [-0.1, -0.05) is 18.2 Å².